The fourth-order valence-corrected chi connectivity index (χ4v) is 1.16. The highest BCUT2D eigenvalue weighted by molar-refractivity contribution is 5.21. The van der Waals surface area contributed by atoms with E-state index in [9.17, 15) is 0 Å². The molecule has 0 fully saturated rings. The molecule has 0 aliphatic carbocycles. The highest BCUT2D eigenvalue weighted by Crippen LogP contribution is 2.07. The quantitative estimate of drug-likeness (QED) is 0.797. The minimum Gasteiger partial charge on any atom is -0.432 e. The van der Waals surface area contributed by atoms with Gasteiger partial charge >= 0.3 is 0 Å². The molecule has 1 N–H and O–H groups in total. The van der Waals surface area contributed by atoms with E-state index in [1.54, 1.807) is 12.5 Å². The van der Waals surface area contributed by atoms with Gasteiger partial charge in [-0.05, 0) is 6.92 Å². The molecule has 0 bridgehead atoms. The zero-order valence-corrected chi connectivity index (χ0v) is 8.19. The zero-order chi connectivity index (χ0) is 9.97. The smallest absolute Gasteiger partial charge is 0.295 e. The summed E-state index contributed by atoms with van der Waals surface area (Å²) in [7, 11) is 1.95. The molecule has 2 aromatic heterocycles. The van der Waals surface area contributed by atoms with Gasteiger partial charge in [0.2, 0.25) is 0 Å². The van der Waals surface area contributed by atoms with E-state index in [1.807, 2.05) is 24.7 Å². The molecule has 0 unspecified atom stereocenters. The number of hydrogen-bond donors (Lipinski definition) is 1. The third kappa shape index (κ3) is 1.76. The first-order valence-electron chi connectivity index (χ1n) is 4.38. The van der Waals surface area contributed by atoms with E-state index in [4.69, 9.17) is 4.42 Å². The van der Waals surface area contributed by atoms with E-state index in [1.165, 1.54) is 0 Å². The number of aromatic nitrogens is 3. The Hall–Kier alpha value is -1.78. The number of anilines is 1. The number of imidazole rings is 1. The number of hydrogen-bond acceptors (Lipinski definition) is 4. The lowest BCUT2D eigenvalue weighted by Crippen LogP contribution is -2.05. The van der Waals surface area contributed by atoms with Gasteiger partial charge in [-0.1, -0.05) is 0 Å². The number of oxazole rings is 1. The number of aryl methyl sites for hydroxylation is 2. The average molecular weight is 192 g/mol. The van der Waals surface area contributed by atoms with Crippen molar-refractivity contribution >= 4 is 6.01 Å². The maximum atomic E-state index is 5.14. The largest absolute Gasteiger partial charge is 0.432 e. The van der Waals surface area contributed by atoms with Crippen molar-refractivity contribution in [3.63, 3.8) is 0 Å². The number of nitrogens with zero attached hydrogens (tertiary/aromatic N) is 3. The summed E-state index contributed by atoms with van der Waals surface area (Å²) < 4.78 is 7.09. The van der Waals surface area contributed by atoms with Crippen LogP contribution in [0, 0.1) is 6.92 Å². The number of rotatable bonds is 3. The highest BCUT2D eigenvalue weighted by Gasteiger charge is 2.02. The summed E-state index contributed by atoms with van der Waals surface area (Å²) in [6.45, 7) is 2.50. The maximum Gasteiger partial charge on any atom is 0.295 e. The molecule has 0 spiro atoms. The topological polar surface area (TPSA) is 55.9 Å². The van der Waals surface area contributed by atoms with Crippen molar-refractivity contribution in [2.24, 2.45) is 7.05 Å². The van der Waals surface area contributed by atoms with Gasteiger partial charge in [0.15, 0.2) is 0 Å². The molecule has 0 aromatic carbocycles. The molecule has 0 amide bonds. The third-order valence-electron chi connectivity index (χ3n) is 1.94. The van der Waals surface area contributed by atoms with Gasteiger partial charge in [-0.15, -0.1) is 0 Å². The van der Waals surface area contributed by atoms with E-state index in [-0.39, 0.29) is 0 Å². The van der Waals surface area contributed by atoms with E-state index in [0.29, 0.717) is 12.6 Å². The summed E-state index contributed by atoms with van der Waals surface area (Å²) in [6, 6.07) is 0.533. The van der Waals surface area contributed by atoms with E-state index >= 15 is 0 Å². The monoisotopic (exact) mass is 192 g/mol. The van der Waals surface area contributed by atoms with Gasteiger partial charge in [0.25, 0.3) is 6.01 Å². The van der Waals surface area contributed by atoms with E-state index in [2.05, 4.69) is 15.3 Å². The van der Waals surface area contributed by atoms with Crippen LogP contribution in [0.3, 0.4) is 0 Å². The van der Waals surface area contributed by atoms with Gasteiger partial charge < -0.3 is 14.3 Å². The van der Waals surface area contributed by atoms with Gasteiger partial charge in [0.05, 0.1) is 12.2 Å². The second-order valence-corrected chi connectivity index (χ2v) is 3.10. The van der Waals surface area contributed by atoms with Crippen molar-refractivity contribution in [3.05, 3.63) is 30.2 Å². The molecule has 0 aliphatic heterocycles. The molecule has 5 heteroatoms. The summed E-state index contributed by atoms with van der Waals surface area (Å²) >= 11 is 0. The van der Waals surface area contributed by atoms with Crippen molar-refractivity contribution in [2.75, 3.05) is 5.32 Å². The van der Waals surface area contributed by atoms with Crippen LogP contribution in [-0.4, -0.2) is 14.5 Å². The SMILES string of the molecule is Cc1coc(NCc2nccn2C)n1. The van der Waals surface area contributed by atoms with Crippen molar-refractivity contribution in [3.8, 4) is 0 Å². The summed E-state index contributed by atoms with van der Waals surface area (Å²) in [6.07, 6.45) is 5.27. The molecule has 0 saturated heterocycles. The van der Waals surface area contributed by atoms with Crippen molar-refractivity contribution in [2.45, 2.75) is 13.5 Å². The first kappa shape index (κ1) is 8.80. The Bertz CT molecular complexity index is 418. The predicted octanol–water partition coefficient (Wildman–Crippen LogP) is 1.33. The lowest BCUT2D eigenvalue weighted by Gasteiger charge is -2.01. The molecule has 2 aromatic rings. The average Bonchev–Trinajstić information content (AvgIpc) is 2.72. The standard InChI is InChI=1S/C9H12N4O/c1-7-6-14-9(12-7)11-5-8-10-3-4-13(8)2/h3-4,6H,5H2,1-2H3,(H,11,12). The molecule has 0 saturated carbocycles. The predicted molar refractivity (Wildman–Crippen MR) is 51.8 cm³/mol. The van der Waals surface area contributed by atoms with Crippen molar-refractivity contribution < 1.29 is 4.42 Å². The molecule has 2 rings (SSSR count). The lowest BCUT2D eigenvalue weighted by molar-refractivity contribution is 0.568. The Morgan fingerprint density at radius 1 is 1.57 bits per heavy atom. The maximum absolute atomic E-state index is 5.14. The molecule has 14 heavy (non-hydrogen) atoms. The Kier molecular flexibility index (Phi) is 2.22. The van der Waals surface area contributed by atoms with Crippen molar-refractivity contribution in [1.29, 1.82) is 0 Å². The van der Waals surface area contributed by atoms with Crippen LogP contribution >= 0.6 is 0 Å². The van der Waals surface area contributed by atoms with Crippen LogP contribution in [0.1, 0.15) is 11.5 Å². The third-order valence-corrected chi connectivity index (χ3v) is 1.94. The van der Waals surface area contributed by atoms with Crippen LogP contribution in [-0.2, 0) is 13.6 Å². The normalized spacial score (nSPS) is 10.4. The number of nitrogens with one attached hydrogen (secondary N) is 1. The molecular weight excluding hydrogens is 180 g/mol. The molecule has 0 aliphatic rings. The first-order chi connectivity index (χ1) is 6.75. The minimum atomic E-state index is 0.533. The Morgan fingerprint density at radius 2 is 2.43 bits per heavy atom. The second-order valence-electron chi connectivity index (χ2n) is 3.10. The summed E-state index contributed by atoms with van der Waals surface area (Å²) in [5.41, 5.74) is 0.868. The van der Waals surface area contributed by atoms with Crippen LogP contribution in [0.4, 0.5) is 6.01 Å². The minimum absolute atomic E-state index is 0.533. The highest BCUT2D eigenvalue weighted by atomic mass is 16.4. The molecule has 0 radical (unpaired) electrons. The second kappa shape index (κ2) is 3.53. The lowest BCUT2D eigenvalue weighted by atomic mass is 10.6. The summed E-state index contributed by atoms with van der Waals surface area (Å²) in [5, 5.41) is 3.05. The first-order valence-corrected chi connectivity index (χ1v) is 4.38. The van der Waals surface area contributed by atoms with Gasteiger partial charge in [0.1, 0.15) is 12.1 Å². The van der Waals surface area contributed by atoms with Gasteiger partial charge in [-0.25, -0.2) is 4.98 Å². The van der Waals surface area contributed by atoms with Crippen LogP contribution in [0.2, 0.25) is 0 Å². The molecule has 5 nitrogen and oxygen atoms in total. The fourth-order valence-electron chi connectivity index (χ4n) is 1.16. The van der Waals surface area contributed by atoms with E-state index in [0.717, 1.165) is 11.5 Å². The molecule has 74 valence electrons. The summed E-state index contributed by atoms with van der Waals surface area (Å²) in [5.74, 6) is 0.945. The van der Waals surface area contributed by atoms with Gasteiger partial charge in [-0.2, -0.15) is 4.98 Å². The molecular formula is C9H12N4O. The molecule has 0 atom stereocenters. The Balaban J connectivity index is 1.98. The summed E-state index contributed by atoms with van der Waals surface area (Å²) in [4.78, 5) is 8.29. The fraction of sp³-hybridized carbons (Fsp3) is 0.333. The van der Waals surface area contributed by atoms with Crippen LogP contribution in [0.25, 0.3) is 0 Å². The van der Waals surface area contributed by atoms with Gasteiger partial charge in [0, 0.05) is 19.4 Å². The van der Waals surface area contributed by atoms with Crippen LogP contribution < -0.4 is 5.32 Å². The Morgan fingerprint density at radius 3 is 3.00 bits per heavy atom. The van der Waals surface area contributed by atoms with Gasteiger partial charge in [-0.3, -0.25) is 0 Å². The molecule has 2 heterocycles. The van der Waals surface area contributed by atoms with Crippen LogP contribution in [0.5, 0.6) is 0 Å². The Labute approximate surface area is 81.8 Å². The van der Waals surface area contributed by atoms with Crippen LogP contribution in [0.15, 0.2) is 23.1 Å². The van der Waals surface area contributed by atoms with Crippen molar-refractivity contribution in [1.82, 2.24) is 14.5 Å². The van der Waals surface area contributed by atoms with E-state index < -0.39 is 0 Å². The zero-order valence-electron chi connectivity index (χ0n) is 8.19.